The number of Topliss-reactive ketones (excluding diaryl/α,β-unsaturated/α-hetero) is 1. The van der Waals surface area contributed by atoms with E-state index >= 15 is 0 Å². The van der Waals surface area contributed by atoms with Crippen LogP contribution >= 0.6 is 35.0 Å². The lowest BCUT2D eigenvalue weighted by atomic mass is 10.0. The van der Waals surface area contributed by atoms with Crippen molar-refractivity contribution in [2.24, 2.45) is 0 Å². The lowest BCUT2D eigenvalue weighted by molar-refractivity contribution is -0.117. The predicted molar refractivity (Wildman–Crippen MR) is 70.7 cm³/mol. The van der Waals surface area contributed by atoms with Gasteiger partial charge in [0.15, 0.2) is 0 Å². The molecule has 0 aromatic heterocycles. The van der Waals surface area contributed by atoms with E-state index in [2.05, 4.69) is 0 Å². The molecule has 0 N–H and O–H groups in total. The van der Waals surface area contributed by atoms with Crippen LogP contribution in [0.4, 0.5) is 0 Å². The Kier molecular flexibility index (Phi) is 4.17. The normalized spacial score (nSPS) is 20.0. The fourth-order valence-electron chi connectivity index (χ4n) is 1.80. The summed E-state index contributed by atoms with van der Waals surface area (Å²) in [5, 5.41) is 1.37. The number of carbonyl (C=O) groups excluding carboxylic acids is 1. The van der Waals surface area contributed by atoms with Gasteiger partial charge in [-0.2, -0.15) is 11.8 Å². The van der Waals surface area contributed by atoms with Crippen LogP contribution in [-0.4, -0.2) is 16.8 Å². The summed E-state index contributed by atoms with van der Waals surface area (Å²) < 4.78 is 0. The molecule has 0 spiro atoms. The third-order valence-electron chi connectivity index (χ3n) is 2.67. The number of hydrogen-bond donors (Lipinski definition) is 0. The van der Waals surface area contributed by atoms with E-state index in [0.717, 1.165) is 24.2 Å². The minimum Gasteiger partial charge on any atom is -0.298 e. The molecule has 0 bridgehead atoms. The quantitative estimate of drug-likeness (QED) is 0.829. The fraction of sp³-hybridized carbons (Fsp3) is 0.417. The summed E-state index contributed by atoms with van der Waals surface area (Å²) >= 11 is 13.6. The molecule has 1 saturated heterocycles. The summed E-state index contributed by atoms with van der Waals surface area (Å²) in [5.74, 6) is 1.39. The fourth-order valence-corrected chi connectivity index (χ4v) is 3.49. The Morgan fingerprint density at radius 1 is 1.44 bits per heavy atom. The summed E-state index contributed by atoms with van der Waals surface area (Å²) in [5.41, 5.74) is 0.878. The number of rotatable bonds is 3. The van der Waals surface area contributed by atoms with E-state index in [9.17, 15) is 4.79 Å². The van der Waals surface area contributed by atoms with Crippen molar-refractivity contribution < 1.29 is 4.79 Å². The van der Waals surface area contributed by atoms with Crippen molar-refractivity contribution in [2.75, 3.05) is 5.75 Å². The second kappa shape index (κ2) is 5.44. The molecular formula is C12H12Cl2OS. The van der Waals surface area contributed by atoms with Crippen molar-refractivity contribution in [1.82, 2.24) is 0 Å². The smallest absolute Gasteiger partial charge is 0.150 e. The SMILES string of the molecule is O=C(Cc1ccc(Cl)cc1Cl)C1CCCS1. The first kappa shape index (κ1) is 12.3. The third-order valence-corrected chi connectivity index (χ3v) is 4.68. The van der Waals surface area contributed by atoms with Crippen molar-refractivity contribution >= 4 is 40.7 Å². The van der Waals surface area contributed by atoms with Crippen molar-refractivity contribution in [1.29, 1.82) is 0 Å². The van der Waals surface area contributed by atoms with E-state index in [1.54, 1.807) is 23.9 Å². The summed E-state index contributed by atoms with van der Waals surface area (Å²) in [6, 6.07) is 5.30. The van der Waals surface area contributed by atoms with Crippen LogP contribution in [-0.2, 0) is 11.2 Å². The highest BCUT2D eigenvalue weighted by atomic mass is 35.5. The number of halogens is 2. The Hall–Kier alpha value is -0.180. The molecule has 1 aliphatic rings. The van der Waals surface area contributed by atoms with Crippen LogP contribution in [0.3, 0.4) is 0 Å². The maximum Gasteiger partial charge on any atom is 0.150 e. The van der Waals surface area contributed by atoms with Gasteiger partial charge in [0.25, 0.3) is 0 Å². The van der Waals surface area contributed by atoms with Crippen molar-refractivity contribution in [3.8, 4) is 0 Å². The summed E-state index contributed by atoms with van der Waals surface area (Å²) in [6.07, 6.45) is 2.58. The van der Waals surface area contributed by atoms with Gasteiger partial charge in [-0.25, -0.2) is 0 Å². The second-order valence-corrected chi connectivity index (χ2v) is 6.03. The maximum absolute atomic E-state index is 11.9. The molecule has 0 aliphatic carbocycles. The van der Waals surface area contributed by atoms with Crippen molar-refractivity contribution in [3.63, 3.8) is 0 Å². The highest BCUT2D eigenvalue weighted by Gasteiger charge is 2.23. The molecular weight excluding hydrogens is 263 g/mol. The Morgan fingerprint density at radius 3 is 2.88 bits per heavy atom. The second-order valence-electron chi connectivity index (χ2n) is 3.88. The Labute approximate surface area is 110 Å². The zero-order valence-electron chi connectivity index (χ0n) is 8.71. The molecule has 0 saturated carbocycles. The van der Waals surface area contributed by atoms with Gasteiger partial charge in [-0.3, -0.25) is 4.79 Å². The Morgan fingerprint density at radius 2 is 2.25 bits per heavy atom. The van der Waals surface area contributed by atoms with Gasteiger partial charge < -0.3 is 0 Å². The van der Waals surface area contributed by atoms with E-state index in [0.29, 0.717) is 16.5 Å². The summed E-state index contributed by atoms with van der Waals surface area (Å²) in [4.78, 5) is 11.9. The van der Waals surface area contributed by atoms with Crippen LogP contribution in [0.1, 0.15) is 18.4 Å². The zero-order chi connectivity index (χ0) is 11.5. The number of carbonyl (C=O) groups is 1. The van der Waals surface area contributed by atoms with Crippen molar-refractivity contribution in [3.05, 3.63) is 33.8 Å². The average molecular weight is 275 g/mol. The van der Waals surface area contributed by atoms with E-state index < -0.39 is 0 Å². The average Bonchev–Trinajstić information content (AvgIpc) is 2.75. The van der Waals surface area contributed by atoms with Gasteiger partial charge in [0.05, 0.1) is 5.25 Å². The number of benzene rings is 1. The summed E-state index contributed by atoms with van der Waals surface area (Å²) in [7, 11) is 0. The molecule has 1 heterocycles. The standard InChI is InChI=1S/C12H12Cl2OS/c13-9-4-3-8(10(14)7-9)6-11(15)12-2-1-5-16-12/h3-4,7,12H,1-2,5-6H2. The largest absolute Gasteiger partial charge is 0.298 e. The summed E-state index contributed by atoms with van der Waals surface area (Å²) in [6.45, 7) is 0. The molecule has 16 heavy (non-hydrogen) atoms. The first-order valence-corrected chi connectivity index (χ1v) is 7.05. The molecule has 86 valence electrons. The van der Waals surface area contributed by atoms with Crippen LogP contribution in [0.5, 0.6) is 0 Å². The topological polar surface area (TPSA) is 17.1 Å². The molecule has 0 amide bonds. The molecule has 1 nitrogen and oxygen atoms in total. The maximum atomic E-state index is 11.9. The van der Waals surface area contributed by atoms with E-state index in [4.69, 9.17) is 23.2 Å². The third kappa shape index (κ3) is 2.93. The van der Waals surface area contributed by atoms with E-state index in [1.165, 1.54) is 0 Å². The zero-order valence-corrected chi connectivity index (χ0v) is 11.0. The van der Waals surface area contributed by atoms with Gasteiger partial charge in [0.2, 0.25) is 0 Å². The minimum atomic E-state index is 0.173. The Bertz CT molecular complexity index is 400. The molecule has 1 fully saturated rings. The molecule has 1 aromatic rings. The van der Waals surface area contributed by atoms with Crippen LogP contribution in [0.15, 0.2) is 18.2 Å². The van der Waals surface area contributed by atoms with Gasteiger partial charge in [-0.05, 0) is 36.3 Å². The molecule has 1 aliphatic heterocycles. The predicted octanol–water partition coefficient (Wildman–Crippen LogP) is 4.00. The van der Waals surface area contributed by atoms with Gasteiger partial charge in [-0.1, -0.05) is 29.3 Å². The van der Waals surface area contributed by atoms with Gasteiger partial charge in [0, 0.05) is 16.5 Å². The number of ketones is 1. The minimum absolute atomic E-state index is 0.173. The lowest BCUT2D eigenvalue weighted by Gasteiger charge is -2.08. The molecule has 1 unspecified atom stereocenters. The molecule has 2 rings (SSSR count). The number of hydrogen-bond acceptors (Lipinski definition) is 2. The number of thioether (sulfide) groups is 1. The molecule has 0 radical (unpaired) electrons. The van der Waals surface area contributed by atoms with Crippen LogP contribution in [0.2, 0.25) is 10.0 Å². The Balaban J connectivity index is 2.05. The van der Waals surface area contributed by atoms with E-state index in [-0.39, 0.29) is 11.0 Å². The molecule has 4 heteroatoms. The van der Waals surface area contributed by atoms with Gasteiger partial charge >= 0.3 is 0 Å². The van der Waals surface area contributed by atoms with Gasteiger partial charge in [-0.15, -0.1) is 0 Å². The molecule has 1 atom stereocenters. The monoisotopic (exact) mass is 274 g/mol. The van der Waals surface area contributed by atoms with Crippen LogP contribution in [0, 0.1) is 0 Å². The van der Waals surface area contributed by atoms with E-state index in [1.807, 2.05) is 6.07 Å². The first-order chi connectivity index (χ1) is 7.66. The van der Waals surface area contributed by atoms with Crippen molar-refractivity contribution in [2.45, 2.75) is 24.5 Å². The first-order valence-electron chi connectivity index (χ1n) is 5.25. The van der Waals surface area contributed by atoms with Crippen LogP contribution < -0.4 is 0 Å². The van der Waals surface area contributed by atoms with Gasteiger partial charge in [0.1, 0.15) is 5.78 Å². The van der Waals surface area contributed by atoms with Crippen LogP contribution in [0.25, 0.3) is 0 Å². The highest BCUT2D eigenvalue weighted by molar-refractivity contribution is 8.00. The molecule has 1 aromatic carbocycles. The lowest BCUT2D eigenvalue weighted by Crippen LogP contribution is -2.16. The highest BCUT2D eigenvalue weighted by Crippen LogP contribution is 2.29.